The summed E-state index contributed by atoms with van der Waals surface area (Å²) in [6.07, 6.45) is 3.85. The lowest BCUT2D eigenvalue weighted by Gasteiger charge is -2.17. The van der Waals surface area contributed by atoms with Gasteiger partial charge in [0, 0.05) is 41.0 Å². The molecule has 4 rings (SSSR count). The molecule has 0 unspecified atom stereocenters. The Morgan fingerprint density at radius 1 is 1.03 bits per heavy atom. The van der Waals surface area contributed by atoms with Crippen molar-refractivity contribution in [2.45, 2.75) is 24.8 Å². The van der Waals surface area contributed by atoms with Gasteiger partial charge in [0.05, 0.1) is 4.90 Å². The lowest BCUT2D eigenvalue weighted by molar-refractivity contribution is -0.140. The van der Waals surface area contributed by atoms with E-state index >= 15 is 0 Å². The van der Waals surface area contributed by atoms with Crippen LogP contribution in [-0.2, 0) is 14.8 Å². The predicted molar refractivity (Wildman–Crippen MR) is 110 cm³/mol. The number of nitrogens with one attached hydrogen (secondary N) is 1. The molecule has 150 valence electrons. The van der Waals surface area contributed by atoms with Crippen LogP contribution in [0.2, 0.25) is 0 Å². The number of sulfonamides is 1. The number of rotatable bonds is 6. The molecular weight excluding hydrogens is 392 g/mol. The van der Waals surface area contributed by atoms with Crippen molar-refractivity contribution >= 4 is 37.9 Å². The predicted octanol–water partition coefficient (Wildman–Crippen LogP) is 3.76. The molecule has 2 aromatic carbocycles. The van der Waals surface area contributed by atoms with Gasteiger partial charge in [-0.05, 0) is 42.3 Å². The third kappa shape index (κ3) is 3.52. The second kappa shape index (κ2) is 7.06. The summed E-state index contributed by atoms with van der Waals surface area (Å²) in [4.78, 5) is 11.3. The normalized spacial score (nSPS) is 13.3. The molecule has 0 fully saturated rings. The first kappa shape index (κ1) is 19.2. The van der Waals surface area contributed by atoms with Crippen molar-refractivity contribution in [3.63, 3.8) is 0 Å². The number of benzene rings is 2. The number of aliphatic carboxylic acids is 1. The third-order valence-electron chi connectivity index (χ3n) is 4.86. The largest absolute Gasteiger partial charge is 0.480 e. The third-order valence-corrected chi connectivity index (χ3v) is 6.29. The summed E-state index contributed by atoms with van der Waals surface area (Å²) >= 11 is 0. The van der Waals surface area contributed by atoms with E-state index in [-0.39, 0.29) is 4.90 Å². The minimum atomic E-state index is -4.02. The zero-order valence-corrected chi connectivity index (χ0v) is 16.7. The first-order chi connectivity index (χ1) is 13.8. The highest BCUT2D eigenvalue weighted by Crippen LogP contribution is 2.31. The number of aromatic nitrogens is 1. The zero-order valence-electron chi connectivity index (χ0n) is 15.9. The van der Waals surface area contributed by atoms with Crippen LogP contribution < -0.4 is 4.72 Å². The Hall–Kier alpha value is -3.10. The van der Waals surface area contributed by atoms with Gasteiger partial charge in [-0.2, -0.15) is 4.72 Å². The number of hydrogen-bond donors (Lipinski definition) is 2. The quantitative estimate of drug-likeness (QED) is 0.502. The van der Waals surface area contributed by atoms with Gasteiger partial charge in [-0.3, -0.25) is 4.79 Å². The summed E-state index contributed by atoms with van der Waals surface area (Å²) in [6, 6.07) is 13.0. The van der Waals surface area contributed by atoms with E-state index in [0.29, 0.717) is 11.2 Å². The van der Waals surface area contributed by atoms with E-state index in [4.69, 9.17) is 4.42 Å². The molecule has 8 heteroatoms. The molecule has 0 bridgehead atoms. The summed E-state index contributed by atoms with van der Waals surface area (Å²) in [5, 5.41) is 10.9. The molecule has 7 nitrogen and oxygen atoms in total. The SMILES string of the molecule is CC(C)[C@H](NS(=O)(=O)c1ccc2c(c1)oc1cc(-n3cccc3)ccc12)C(=O)O. The van der Waals surface area contributed by atoms with Crippen molar-refractivity contribution in [3.8, 4) is 5.69 Å². The average molecular weight is 412 g/mol. The average Bonchev–Trinajstić information content (AvgIpc) is 3.32. The Morgan fingerprint density at radius 2 is 1.66 bits per heavy atom. The minimum absolute atomic E-state index is 0.0402. The maximum absolute atomic E-state index is 12.7. The number of nitrogens with zero attached hydrogens (tertiary/aromatic N) is 1. The molecule has 0 saturated heterocycles. The van der Waals surface area contributed by atoms with Crippen molar-refractivity contribution in [2.24, 2.45) is 5.92 Å². The summed E-state index contributed by atoms with van der Waals surface area (Å²) in [6.45, 7) is 3.29. The van der Waals surface area contributed by atoms with Crippen LogP contribution in [-0.4, -0.2) is 30.1 Å². The van der Waals surface area contributed by atoms with Crippen molar-refractivity contribution < 1.29 is 22.7 Å². The summed E-state index contributed by atoms with van der Waals surface area (Å²) < 4.78 is 35.5. The van der Waals surface area contributed by atoms with E-state index in [1.807, 2.05) is 47.3 Å². The summed E-state index contributed by atoms with van der Waals surface area (Å²) in [5.41, 5.74) is 1.99. The van der Waals surface area contributed by atoms with Crippen molar-refractivity contribution in [1.29, 1.82) is 0 Å². The van der Waals surface area contributed by atoms with Gasteiger partial charge >= 0.3 is 5.97 Å². The van der Waals surface area contributed by atoms with Crippen LogP contribution in [0.3, 0.4) is 0 Å². The molecule has 2 N–H and O–H groups in total. The van der Waals surface area contributed by atoms with Gasteiger partial charge in [-0.15, -0.1) is 0 Å². The van der Waals surface area contributed by atoms with Gasteiger partial charge in [0.25, 0.3) is 0 Å². The molecule has 0 amide bonds. The van der Waals surface area contributed by atoms with E-state index in [2.05, 4.69) is 4.72 Å². The van der Waals surface area contributed by atoms with Gasteiger partial charge < -0.3 is 14.1 Å². The summed E-state index contributed by atoms with van der Waals surface area (Å²) in [7, 11) is -4.02. The number of fused-ring (bicyclic) bond motifs is 3. The Morgan fingerprint density at radius 3 is 2.28 bits per heavy atom. The number of carboxylic acids is 1. The molecule has 0 saturated carbocycles. The number of carbonyl (C=O) groups is 1. The van der Waals surface area contributed by atoms with Crippen LogP contribution >= 0.6 is 0 Å². The van der Waals surface area contributed by atoms with Crippen LogP contribution in [0.25, 0.3) is 27.6 Å². The van der Waals surface area contributed by atoms with Gasteiger partial charge in [0.1, 0.15) is 17.2 Å². The molecular formula is C21H20N2O5S. The van der Waals surface area contributed by atoms with Crippen LogP contribution in [0.4, 0.5) is 0 Å². The van der Waals surface area contributed by atoms with Crippen LogP contribution in [0.15, 0.2) is 70.2 Å². The lowest BCUT2D eigenvalue weighted by Crippen LogP contribution is -2.44. The number of furan rings is 1. The summed E-state index contributed by atoms with van der Waals surface area (Å²) in [5.74, 6) is -1.62. The fourth-order valence-corrected chi connectivity index (χ4v) is 4.64. The second-order valence-corrected chi connectivity index (χ2v) is 8.93. The maximum Gasteiger partial charge on any atom is 0.322 e. The van der Waals surface area contributed by atoms with Crippen LogP contribution in [0.1, 0.15) is 13.8 Å². The molecule has 1 atom stereocenters. The van der Waals surface area contributed by atoms with E-state index in [0.717, 1.165) is 16.5 Å². The smallest absolute Gasteiger partial charge is 0.322 e. The Labute approximate surface area is 167 Å². The molecule has 0 aliphatic carbocycles. The Balaban J connectivity index is 1.75. The van der Waals surface area contributed by atoms with E-state index < -0.39 is 28.0 Å². The highest BCUT2D eigenvalue weighted by molar-refractivity contribution is 7.89. The van der Waals surface area contributed by atoms with E-state index in [1.165, 1.54) is 12.1 Å². The fourth-order valence-electron chi connectivity index (χ4n) is 3.29. The molecule has 2 heterocycles. The maximum atomic E-state index is 12.7. The van der Waals surface area contributed by atoms with Crippen molar-refractivity contribution in [2.75, 3.05) is 0 Å². The lowest BCUT2D eigenvalue weighted by atomic mass is 10.1. The van der Waals surface area contributed by atoms with Gasteiger partial charge in [0.2, 0.25) is 10.0 Å². The molecule has 0 aliphatic heterocycles. The van der Waals surface area contributed by atoms with Crippen molar-refractivity contribution in [3.05, 3.63) is 60.9 Å². The highest BCUT2D eigenvalue weighted by atomic mass is 32.2. The molecule has 4 aromatic rings. The van der Waals surface area contributed by atoms with Gasteiger partial charge in [-0.25, -0.2) is 8.42 Å². The molecule has 0 radical (unpaired) electrons. The van der Waals surface area contributed by atoms with Crippen LogP contribution in [0.5, 0.6) is 0 Å². The Bertz CT molecular complexity index is 1300. The standard InChI is InChI=1S/C21H20N2O5S/c1-13(2)20(21(24)25)22-29(26,27)15-6-8-17-16-7-5-14(23-9-3-4-10-23)11-18(16)28-19(17)12-15/h3-13,20,22H,1-2H3,(H,24,25)/t20-/m0/s1. The van der Waals surface area contributed by atoms with Gasteiger partial charge in [-0.1, -0.05) is 13.8 Å². The second-order valence-electron chi connectivity index (χ2n) is 7.21. The molecule has 2 aromatic heterocycles. The first-order valence-electron chi connectivity index (χ1n) is 9.11. The highest BCUT2D eigenvalue weighted by Gasteiger charge is 2.28. The van der Waals surface area contributed by atoms with Crippen molar-refractivity contribution in [1.82, 2.24) is 9.29 Å². The van der Waals surface area contributed by atoms with E-state index in [9.17, 15) is 18.3 Å². The topological polar surface area (TPSA) is 102 Å². The molecule has 0 spiro atoms. The number of hydrogen-bond acceptors (Lipinski definition) is 4. The zero-order chi connectivity index (χ0) is 20.8. The van der Waals surface area contributed by atoms with Gasteiger partial charge in [0.15, 0.2) is 0 Å². The first-order valence-corrected chi connectivity index (χ1v) is 10.6. The minimum Gasteiger partial charge on any atom is -0.480 e. The Kier molecular flexibility index (Phi) is 4.68. The molecule has 29 heavy (non-hydrogen) atoms. The number of carboxylic acid groups (broad SMARTS) is 1. The van der Waals surface area contributed by atoms with E-state index in [1.54, 1.807) is 19.9 Å². The monoisotopic (exact) mass is 412 g/mol. The fraction of sp³-hybridized carbons (Fsp3) is 0.190. The molecule has 0 aliphatic rings. The van der Waals surface area contributed by atoms with Crippen LogP contribution in [0, 0.1) is 5.92 Å².